The quantitative estimate of drug-likeness (QED) is 0.528. The van der Waals surface area contributed by atoms with Crippen LogP contribution in [-0.4, -0.2) is 40.7 Å². The van der Waals surface area contributed by atoms with E-state index in [4.69, 9.17) is 4.74 Å². The number of nitrogens with one attached hydrogen (secondary N) is 2. The van der Waals surface area contributed by atoms with E-state index in [1.165, 1.54) is 0 Å². The molecular formula is C22H29N5O4. The Morgan fingerprint density at radius 1 is 1.29 bits per heavy atom. The summed E-state index contributed by atoms with van der Waals surface area (Å²) in [6.07, 6.45) is 2.22. The lowest BCUT2D eigenvalue weighted by Crippen LogP contribution is -2.46. The van der Waals surface area contributed by atoms with Gasteiger partial charge in [-0.05, 0) is 45.2 Å². The molecule has 3 rings (SSSR count). The first-order chi connectivity index (χ1) is 14.7. The van der Waals surface area contributed by atoms with E-state index in [1.54, 1.807) is 12.3 Å². The van der Waals surface area contributed by atoms with Gasteiger partial charge >= 0.3 is 11.8 Å². The van der Waals surface area contributed by atoms with Crippen molar-refractivity contribution in [3.05, 3.63) is 58.3 Å². The third-order valence-corrected chi connectivity index (χ3v) is 4.86. The van der Waals surface area contributed by atoms with Crippen LogP contribution < -0.4 is 15.5 Å². The molecule has 0 bridgehead atoms. The number of pyridine rings is 1. The molecule has 0 aliphatic carbocycles. The molecule has 2 heterocycles. The van der Waals surface area contributed by atoms with Crippen LogP contribution in [0.1, 0.15) is 39.2 Å². The summed E-state index contributed by atoms with van der Waals surface area (Å²) in [5, 5.41) is 17.8. The second-order valence-electron chi connectivity index (χ2n) is 8.61. The number of nitro groups is 1. The van der Waals surface area contributed by atoms with Crippen LogP contribution in [0, 0.1) is 10.1 Å². The van der Waals surface area contributed by atoms with Crippen LogP contribution in [-0.2, 0) is 11.3 Å². The molecule has 1 aromatic carbocycles. The number of carbonyl (C=O) groups is 1. The lowest BCUT2D eigenvalue weighted by molar-refractivity contribution is -0.383. The molecule has 1 aromatic heterocycles. The highest BCUT2D eigenvalue weighted by Crippen LogP contribution is 2.35. The molecule has 31 heavy (non-hydrogen) atoms. The summed E-state index contributed by atoms with van der Waals surface area (Å²) in [5.74, 6) is 0.222. The van der Waals surface area contributed by atoms with Crippen molar-refractivity contribution in [1.29, 1.82) is 0 Å². The van der Waals surface area contributed by atoms with Gasteiger partial charge in [0.15, 0.2) is 0 Å². The van der Waals surface area contributed by atoms with Crippen molar-refractivity contribution >= 4 is 23.3 Å². The Balaban J connectivity index is 1.75. The summed E-state index contributed by atoms with van der Waals surface area (Å²) in [6.45, 7) is 7.10. The Hall–Kier alpha value is -3.36. The third-order valence-electron chi connectivity index (χ3n) is 4.86. The number of hydrogen-bond acceptors (Lipinski definition) is 7. The second kappa shape index (κ2) is 9.63. The van der Waals surface area contributed by atoms with Gasteiger partial charge in [0.05, 0.1) is 11.5 Å². The summed E-state index contributed by atoms with van der Waals surface area (Å²) >= 11 is 0. The monoisotopic (exact) mass is 427 g/mol. The number of aromatic nitrogens is 1. The van der Waals surface area contributed by atoms with Gasteiger partial charge in [-0.25, -0.2) is 9.78 Å². The molecule has 1 fully saturated rings. The van der Waals surface area contributed by atoms with E-state index in [2.05, 4.69) is 15.6 Å². The zero-order valence-corrected chi connectivity index (χ0v) is 18.1. The van der Waals surface area contributed by atoms with Gasteiger partial charge in [0.1, 0.15) is 11.8 Å². The van der Waals surface area contributed by atoms with E-state index in [1.807, 2.05) is 56.0 Å². The zero-order chi connectivity index (χ0) is 22.4. The summed E-state index contributed by atoms with van der Waals surface area (Å²) in [4.78, 5) is 29.7. The van der Waals surface area contributed by atoms with Crippen molar-refractivity contribution in [2.75, 3.05) is 23.3 Å². The predicted octanol–water partition coefficient (Wildman–Crippen LogP) is 4.10. The van der Waals surface area contributed by atoms with Gasteiger partial charge < -0.3 is 20.3 Å². The molecule has 0 radical (unpaired) electrons. The van der Waals surface area contributed by atoms with E-state index in [0.29, 0.717) is 31.7 Å². The van der Waals surface area contributed by atoms with Gasteiger partial charge in [0, 0.05) is 24.8 Å². The minimum Gasteiger partial charge on any atom is -0.444 e. The van der Waals surface area contributed by atoms with Crippen LogP contribution in [0.2, 0.25) is 0 Å². The maximum Gasteiger partial charge on any atom is 0.407 e. The van der Waals surface area contributed by atoms with Gasteiger partial charge in [-0.3, -0.25) is 10.1 Å². The fourth-order valence-corrected chi connectivity index (χ4v) is 3.53. The first-order valence-electron chi connectivity index (χ1n) is 10.4. The molecule has 0 saturated carbocycles. The number of carbonyl (C=O) groups excluding carboxylic acids is 1. The van der Waals surface area contributed by atoms with Crippen LogP contribution in [0.15, 0.2) is 42.6 Å². The van der Waals surface area contributed by atoms with Gasteiger partial charge in [-0.2, -0.15) is 0 Å². The Labute approximate surface area is 182 Å². The van der Waals surface area contributed by atoms with Crippen molar-refractivity contribution < 1.29 is 14.5 Å². The lowest BCUT2D eigenvalue weighted by atomic mass is 10.1. The molecule has 2 N–H and O–H groups in total. The Kier molecular flexibility index (Phi) is 6.94. The van der Waals surface area contributed by atoms with Gasteiger partial charge in [0.2, 0.25) is 5.82 Å². The summed E-state index contributed by atoms with van der Waals surface area (Å²) in [7, 11) is 0. The Morgan fingerprint density at radius 3 is 2.71 bits per heavy atom. The number of ether oxygens (including phenoxy) is 1. The summed E-state index contributed by atoms with van der Waals surface area (Å²) < 4.78 is 5.56. The minimum atomic E-state index is -0.478. The largest absolute Gasteiger partial charge is 0.444 e. The van der Waals surface area contributed by atoms with Gasteiger partial charge in [0.25, 0.3) is 0 Å². The number of nitrogens with zero attached hydrogens (tertiary/aromatic N) is 3. The topological polar surface area (TPSA) is 110 Å². The first kappa shape index (κ1) is 22.3. The molecule has 1 aliphatic heterocycles. The molecule has 166 valence electrons. The van der Waals surface area contributed by atoms with Crippen LogP contribution >= 0.6 is 0 Å². The van der Waals surface area contributed by atoms with Gasteiger partial charge in [-0.1, -0.05) is 30.3 Å². The maximum absolute atomic E-state index is 12.1. The smallest absolute Gasteiger partial charge is 0.407 e. The highest BCUT2D eigenvalue weighted by molar-refractivity contribution is 5.74. The number of piperidine rings is 1. The Bertz CT molecular complexity index is 914. The highest BCUT2D eigenvalue weighted by atomic mass is 16.6. The minimum absolute atomic E-state index is 0.0711. The Morgan fingerprint density at radius 2 is 2.03 bits per heavy atom. The fourth-order valence-electron chi connectivity index (χ4n) is 3.53. The average molecular weight is 428 g/mol. The van der Waals surface area contributed by atoms with Crippen molar-refractivity contribution in [1.82, 2.24) is 10.3 Å². The number of amides is 1. The number of benzene rings is 1. The van der Waals surface area contributed by atoms with E-state index in [-0.39, 0.29) is 17.6 Å². The molecule has 1 amide bonds. The number of hydrogen-bond donors (Lipinski definition) is 2. The van der Waals surface area contributed by atoms with Gasteiger partial charge in [-0.15, -0.1) is 0 Å². The fraction of sp³-hybridized carbons (Fsp3) is 0.455. The molecule has 2 aromatic rings. The van der Waals surface area contributed by atoms with Crippen molar-refractivity contribution in [2.45, 2.75) is 51.8 Å². The van der Waals surface area contributed by atoms with Crippen LogP contribution in [0.5, 0.6) is 0 Å². The first-order valence-corrected chi connectivity index (χ1v) is 10.4. The standard InChI is InChI=1S/C22H29N5O4/c1-22(2,3)25-21(28)31-17-10-7-13-26(15-17)18-11-12-23-20(19(18)27(29)30)24-14-16-8-5-4-6-9-16/h4-6,8-9,11-12,17H,7,10,13-15H2,1-3H3,(H,23,24)(H,25,28). The van der Waals surface area contributed by atoms with Crippen LogP contribution in [0.4, 0.5) is 22.0 Å². The second-order valence-corrected chi connectivity index (χ2v) is 8.61. The van der Waals surface area contributed by atoms with E-state index >= 15 is 0 Å². The van der Waals surface area contributed by atoms with Crippen molar-refractivity contribution in [3.8, 4) is 0 Å². The SMILES string of the molecule is CC(C)(C)NC(=O)OC1CCCN(c2ccnc(NCc3ccccc3)c2[N+](=O)[O-])C1. The summed E-state index contributed by atoms with van der Waals surface area (Å²) in [5.41, 5.74) is 1.01. The van der Waals surface area contributed by atoms with E-state index in [9.17, 15) is 14.9 Å². The molecular weight excluding hydrogens is 398 g/mol. The van der Waals surface area contributed by atoms with Crippen LogP contribution in [0.3, 0.4) is 0 Å². The van der Waals surface area contributed by atoms with Crippen molar-refractivity contribution in [2.24, 2.45) is 0 Å². The normalized spacial score (nSPS) is 16.5. The maximum atomic E-state index is 12.1. The number of alkyl carbamates (subject to hydrolysis) is 1. The molecule has 0 spiro atoms. The molecule has 1 aliphatic rings. The van der Waals surface area contributed by atoms with E-state index in [0.717, 1.165) is 12.0 Å². The van der Waals surface area contributed by atoms with Crippen LogP contribution in [0.25, 0.3) is 0 Å². The lowest BCUT2D eigenvalue weighted by Gasteiger charge is -2.34. The molecule has 1 saturated heterocycles. The van der Waals surface area contributed by atoms with E-state index < -0.39 is 16.6 Å². The number of rotatable bonds is 6. The number of anilines is 2. The summed E-state index contributed by atoms with van der Waals surface area (Å²) in [6, 6.07) is 11.3. The highest BCUT2D eigenvalue weighted by Gasteiger charge is 2.30. The zero-order valence-electron chi connectivity index (χ0n) is 18.1. The molecule has 9 heteroatoms. The third kappa shape index (κ3) is 6.31. The molecule has 9 nitrogen and oxygen atoms in total. The average Bonchev–Trinajstić information content (AvgIpc) is 2.71. The van der Waals surface area contributed by atoms with Crippen molar-refractivity contribution in [3.63, 3.8) is 0 Å². The molecule has 1 unspecified atom stereocenters. The molecule has 1 atom stereocenters. The predicted molar refractivity (Wildman–Crippen MR) is 119 cm³/mol.